The third-order valence-corrected chi connectivity index (χ3v) is 0.761. The van der Waals surface area contributed by atoms with Crippen LogP contribution in [-0.2, 0) is 4.74 Å². The second-order valence-corrected chi connectivity index (χ2v) is 1.50. The predicted octanol–water partition coefficient (Wildman–Crippen LogP) is 2.13. The molecule has 0 aliphatic heterocycles. The van der Waals surface area contributed by atoms with Crippen LogP contribution >= 0.6 is 0 Å². The minimum Gasteiger partial charge on any atom is -0.371 e. The van der Waals surface area contributed by atoms with Crippen LogP contribution in [0.3, 0.4) is 0 Å². The van der Waals surface area contributed by atoms with E-state index in [0.29, 0.717) is 6.61 Å². The zero-order valence-electron chi connectivity index (χ0n) is 5.55. The van der Waals surface area contributed by atoms with Gasteiger partial charge in [0.25, 0.3) is 0 Å². The molecule has 0 heterocycles. The first kappa shape index (κ1) is 8.44. The molecule has 0 aromatic rings. The first-order valence-electron chi connectivity index (χ1n) is 2.92. The van der Waals surface area contributed by atoms with Gasteiger partial charge in [0.15, 0.2) is 0 Å². The van der Waals surface area contributed by atoms with Gasteiger partial charge in [-0.2, -0.15) is 0 Å². The molecule has 9 heavy (non-hydrogen) atoms. The highest BCUT2D eigenvalue weighted by molar-refractivity contribution is 4.86. The zero-order valence-corrected chi connectivity index (χ0v) is 5.55. The third-order valence-electron chi connectivity index (χ3n) is 0.761. The van der Waals surface area contributed by atoms with Gasteiger partial charge in [0, 0.05) is 6.61 Å². The first-order valence-corrected chi connectivity index (χ1v) is 2.92. The third kappa shape index (κ3) is 7.44. The Bertz CT molecular complexity index is 66.6. The Kier molecular flexibility index (Phi) is 6.98. The van der Waals surface area contributed by atoms with E-state index in [9.17, 15) is 0 Å². The van der Waals surface area contributed by atoms with Crippen LogP contribution in [-0.4, -0.2) is 6.61 Å². The normalized spacial score (nSPS) is 8.89. The molecule has 50 valence electrons. The van der Waals surface area contributed by atoms with Gasteiger partial charge in [-0.25, -0.2) is 0 Å². The van der Waals surface area contributed by atoms with Crippen molar-refractivity contribution < 1.29 is 4.74 Å². The highest BCUT2D eigenvalue weighted by Gasteiger charge is 1.82. The molecule has 0 saturated carbocycles. The summed E-state index contributed by atoms with van der Waals surface area (Å²) < 4.78 is 4.96. The monoisotopic (exact) mass is 124 g/mol. The van der Waals surface area contributed by atoms with E-state index in [-0.39, 0.29) is 0 Å². The highest BCUT2D eigenvalue weighted by atomic mass is 16.5. The van der Waals surface area contributed by atoms with Crippen LogP contribution < -0.4 is 0 Å². The van der Waals surface area contributed by atoms with Crippen molar-refractivity contribution >= 4 is 0 Å². The lowest BCUT2D eigenvalue weighted by atomic mass is 10.3. The van der Waals surface area contributed by atoms with Crippen molar-refractivity contribution in [1.29, 1.82) is 0 Å². The molecule has 0 rings (SSSR count). The summed E-state index contributed by atoms with van der Waals surface area (Å²) in [5.74, 6) is 0. The molecule has 0 saturated heterocycles. The molecule has 2 radical (unpaired) electrons. The van der Waals surface area contributed by atoms with Crippen LogP contribution in [0.1, 0.15) is 6.42 Å². The van der Waals surface area contributed by atoms with Crippen molar-refractivity contribution in [3.63, 3.8) is 0 Å². The maximum absolute atomic E-state index is 4.96. The van der Waals surface area contributed by atoms with Gasteiger partial charge in [-0.3, -0.25) is 0 Å². The second kappa shape index (κ2) is 7.44. The molecule has 1 nitrogen and oxygen atoms in total. The van der Waals surface area contributed by atoms with E-state index in [0.717, 1.165) is 6.42 Å². The molecule has 0 aromatic heterocycles. The maximum atomic E-state index is 4.96. The number of hydrogen-bond donors (Lipinski definition) is 0. The van der Waals surface area contributed by atoms with E-state index >= 15 is 0 Å². The zero-order chi connectivity index (χ0) is 6.95. The number of unbranched alkanes of at least 4 members (excludes halogenated alkanes) is 1. The van der Waals surface area contributed by atoms with Crippen molar-refractivity contribution in [2.24, 2.45) is 0 Å². The van der Waals surface area contributed by atoms with Gasteiger partial charge >= 0.3 is 0 Å². The van der Waals surface area contributed by atoms with Gasteiger partial charge < -0.3 is 4.74 Å². The molecule has 0 bridgehead atoms. The van der Waals surface area contributed by atoms with E-state index < -0.39 is 0 Å². The Balaban J connectivity index is 2.74. The van der Waals surface area contributed by atoms with Gasteiger partial charge in [-0.05, 0) is 12.8 Å². The fourth-order valence-corrected chi connectivity index (χ4v) is 0.390. The van der Waals surface area contributed by atoms with Gasteiger partial charge in [-0.1, -0.05) is 12.2 Å². The van der Waals surface area contributed by atoms with Crippen LogP contribution in [0.4, 0.5) is 0 Å². The van der Waals surface area contributed by atoms with E-state index in [1.165, 1.54) is 0 Å². The summed E-state index contributed by atoms with van der Waals surface area (Å²) in [5.41, 5.74) is 0. The van der Waals surface area contributed by atoms with Crippen LogP contribution in [0, 0.1) is 13.0 Å². The molecule has 0 amide bonds. The van der Waals surface area contributed by atoms with Crippen LogP contribution in [0.5, 0.6) is 0 Å². The molecular formula is C8H12O. The lowest BCUT2D eigenvalue weighted by molar-refractivity contribution is 0.219. The molecule has 1 heteroatoms. The SMILES string of the molecule is C=C[CH]CCO[CH]C=C. The van der Waals surface area contributed by atoms with Gasteiger partial charge in [0.2, 0.25) is 0 Å². The number of allylic oxidation sites excluding steroid dienone is 1. The molecule has 0 unspecified atom stereocenters. The molecular weight excluding hydrogens is 112 g/mol. The Morgan fingerprint density at radius 1 is 1.22 bits per heavy atom. The fourth-order valence-electron chi connectivity index (χ4n) is 0.390. The molecule has 0 atom stereocenters. The summed E-state index contributed by atoms with van der Waals surface area (Å²) >= 11 is 0. The second-order valence-electron chi connectivity index (χ2n) is 1.50. The van der Waals surface area contributed by atoms with Gasteiger partial charge in [-0.15, -0.1) is 13.2 Å². The van der Waals surface area contributed by atoms with Crippen LogP contribution in [0.2, 0.25) is 0 Å². The van der Waals surface area contributed by atoms with Crippen LogP contribution in [0.15, 0.2) is 25.3 Å². The van der Waals surface area contributed by atoms with E-state index in [1.54, 1.807) is 18.8 Å². The topological polar surface area (TPSA) is 9.23 Å². The molecule has 0 aliphatic carbocycles. The number of rotatable bonds is 6. The maximum Gasteiger partial charge on any atom is 0.105 e. The summed E-state index contributed by atoms with van der Waals surface area (Å²) in [6.07, 6.45) is 6.25. The minimum atomic E-state index is 0.706. The van der Waals surface area contributed by atoms with Crippen molar-refractivity contribution in [2.45, 2.75) is 6.42 Å². The lowest BCUT2D eigenvalue weighted by Crippen LogP contribution is -1.88. The van der Waals surface area contributed by atoms with Crippen molar-refractivity contribution in [2.75, 3.05) is 6.61 Å². The molecule has 0 N–H and O–H groups in total. The van der Waals surface area contributed by atoms with E-state index in [2.05, 4.69) is 13.2 Å². The van der Waals surface area contributed by atoms with Crippen LogP contribution in [0.25, 0.3) is 0 Å². The Hall–Kier alpha value is -0.560. The predicted molar refractivity (Wildman–Crippen MR) is 39.6 cm³/mol. The number of ether oxygens (including phenoxy) is 1. The number of hydrogen-bond acceptors (Lipinski definition) is 1. The average Bonchev–Trinajstić information content (AvgIpc) is 1.89. The standard InChI is InChI=1S/C8H12O/c1-3-5-6-8-9-7-4-2/h3-5,7H,1-2,6,8H2. The van der Waals surface area contributed by atoms with Crippen molar-refractivity contribution in [3.8, 4) is 0 Å². The highest BCUT2D eigenvalue weighted by Crippen LogP contribution is 1.90. The fraction of sp³-hybridized carbons (Fsp3) is 0.250. The van der Waals surface area contributed by atoms with E-state index in [1.807, 2.05) is 6.42 Å². The first-order chi connectivity index (χ1) is 4.41. The van der Waals surface area contributed by atoms with Gasteiger partial charge in [0.1, 0.15) is 6.61 Å². The Morgan fingerprint density at radius 2 is 2.00 bits per heavy atom. The molecule has 0 aromatic carbocycles. The summed E-state index contributed by atoms with van der Waals surface area (Å²) in [6.45, 7) is 9.29. The molecule has 0 fully saturated rings. The van der Waals surface area contributed by atoms with Crippen molar-refractivity contribution in [3.05, 3.63) is 38.3 Å². The minimum absolute atomic E-state index is 0.706. The van der Waals surface area contributed by atoms with E-state index in [4.69, 9.17) is 4.74 Å². The molecule has 0 aliphatic rings. The van der Waals surface area contributed by atoms with Crippen molar-refractivity contribution in [1.82, 2.24) is 0 Å². The average molecular weight is 124 g/mol. The summed E-state index contributed by atoms with van der Waals surface area (Å²) in [6, 6.07) is 0. The summed E-state index contributed by atoms with van der Waals surface area (Å²) in [7, 11) is 0. The summed E-state index contributed by atoms with van der Waals surface area (Å²) in [5, 5.41) is 0. The quantitative estimate of drug-likeness (QED) is 0.493. The molecule has 0 spiro atoms. The Morgan fingerprint density at radius 3 is 2.56 bits per heavy atom. The Labute approximate surface area is 57.0 Å². The van der Waals surface area contributed by atoms with Gasteiger partial charge in [0.05, 0.1) is 0 Å². The lowest BCUT2D eigenvalue weighted by Gasteiger charge is -1.95. The smallest absolute Gasteiger partial charge is 0.105 e. The largest absolute Gasteiger partial charge is 0.371 e. The summed E-state index contributed by atoms with van der Waals surface area (Å²) in [4.78, 5) is 0.